The number of amides is 1. The maximum Gasteiger partial charge on any atom is 0.410 e. The molecule has 7 nitrogen and oxygen atoms in total. The smallest absolute Gasteiger partial charge is 0.410 e. The van der Waals surface area contributed by atoms with E-state index in [1.807, 2.05) is 6.07 Å². The molecule has 0 unspecified atom stereocenters. The van der Waals surface area contributed by atoms with Crippen LogP contribution in [0.15, 0.2) is 18.2 Å². The number of esters is 1. The largest absolute Gasteiger partial charge is 0.460 e. The van der Waals surface area contributed by atoms with Gasteiger partial charge in [0.05, 0.1) is 12.5 Å². The maximum absolute atomic E-state index is 12.6. The van der Waals surface area contributed by atoms with Gasteiger partial charge in [-0.1, -0.05) is 6.07 Å². The minimum absolute atomic E-state index is 0.00729. The summed E-state index contributed by atoms with van der Waals surface area (Å²) in [5, 5.41) is 0. The zero-order valence-corrected chi connectivity index (χ0v) is 17.1. The normalized spacial score (nSPS) is 14.5. The van der Waals surface area contributed by atoms with Crippen molar-refractivity contribution in [2.75, 3.05) is 13.8 Å². The topological polar surface area (TPSA) is 74.3 Å². The van der Waals surface area contributed by atoms with Crippen molar-refractivity contribution in [2.24, 2.45) is 0 Å². The number of hydrogen-bond acceptors (Lipinski definition) is 6. The van der Waals surface area contributed by atoms with Crippen molar-refractivity contribution in [1.82, 2.24) is 4.90 Å². The number of carbonyl (C=O) groups excluding carboxylic acids is 2. The van der Waals surface area contributed by atoms with E-state index in [1.165, 1.54) is 4.90 Å². The summed E-state index contributed by atoms with van der Waals surface area (Å²) in [4.78, 5) is 26.4. The molecule has 1 atom stereocenters. The second kappa shape index (κ2) is 7.66. The summed E-state index contributed by atoms with van der Waals surface area (Å²) in [7, 11) is 1.60. The standard InChI is InChI=1S/C20H29NO6/c1-19(2,3)26-17(22)11-14(21(7)18(23)27-20(4,5)6)13-8-9-15-16(10-13)25-12-24-15/h8-10,14H,11-12H2,1-7H3/t14-/m0/s1. The molecule has 150 valence electrons. The number of nitrogens with zero attached hydrogens (tertiary/aromatic N) is 1. The third-order valence-electron chi connectivity index (χ3n) is 3.71. The summed E-state index contributed by atoms with van der Waals surface area (Å²) < 4.78 is 21.7. The molecule has 0 radical (unpaired) electrons. The molecule has 1 aliphatic heterocycles. The lowest BCUT2D eigenvalue weighted by Crippen LogP contribution is -2.38. The highest BCUT2D eigenvalue weighted by molar-refractivity contribution is 5.74. The van der Waals surface area contributed by atoms with Gasteiger partial charge in [-0.05, 0) is 59.2 Å². The summed E-state index contributed by atoms with van der Waals surface area (Å²) >= 11 is 0. The van der Waals surface area contributed by atoms with Gasteiger partial charge in [0.25, 0.3) is 0 Å². The van der Waals surface area contributed by atoms with Gasteiger partial charge in [-0.25, -0.2) is 4.79 Å². The highest BCUT2D eigenvalue weighted by atomic mass is 16.7. The third-order valence-corrected chi connectivity index (χ3v) is 3.71. The molecule has 1 aliphatic rings. The molecule has 0 saturated heterocycles. The van der Waals surface area contributed by atoms with Crippen LogP contribution >= 0.6 is 0 Å². The summed E-state index contributed by atoms with van der Waals surface area (Å²) in [6, 6.07) is 4.79. The lowest BCUT2D eigenvalue weighted by atomic mass is 10.0. The highest BCUT2D eigenvalue weighted by Crippen LogP contribution is 2.36. The molecule has 0 spiro atoms. The summed E-state index contributed by atoms with van der Waals surface area (Å²) in [6.07, 6.45) is -0.527. The number of rotatable bonds is 4. The van der Waals surface area contributed by atoms with Gasteiger partial charge < -0.3 is 23.8 Å². The van der Waals surface area contributed by atoms with Crippen LogP contribution in [0.1, 0.15) is 59.6 Å². The Morgan fingerprint density at radius 1 is 1.04 bits per heavy atom. The first-order valence-electron chi connectivity index (χ1n) is 8.93. The van der Waals surface area contributed by atoms with E-state index in [0.717, 1.165) is 5.56 Å². The van der Waals surface area contributed by atoms with Crippen LogP contribution in [-0.4, -0.2) is 42.0 Å². The van der Waals surface area contributed by atoms with E-state index in [0.29, 0.717) is 11.5 Å². The first kappa shape index (κ1) is 20.9. The third kappa shape index (κ3) is 6.05. The van der Waals surface area contributed by atoms with Gasteiger partial charge in [0.2, 0.25) is 6.79 Å². The molecule has 1 amide bonds. The Labute approximate surface area is 160 Å². The Kier molecular flexibility index (Phi) is 5.92. The Morgan fingerprint density at radius 3 is 2.22 bits per heavy atom. The number of benzene rings is 1. The quantitative estimate of drug-likeness (QED) is 0.735. The first-order chi connectivity index (χ1) is 12.4. The van der Waals surface area contributed by atoms with Crippen molar-refractivity contribution in [3.8, 4) is 11.5 Å². The molecule has 1 heterocycles. The minimum Gasteiger partial charge on any atom is -0.460 e. The number of fused-ring (bicyclic) bond motifs is 1. The van der Waals surface area contributed by atoms with Crippen LogP contribution < -0.4 is 9.47 Å². The first-order valence-corrected chi connectivity index (χ1v) is 8.93. The number of carbonyl (C=O) groups is 2. The average Bonchev–Trinajstić information content (AvgIpc) is 2.96. The lowest BCUT2D eigenvalue weighted by Gasteiger charge is -2.31. The highest BCUT2D eigenvalue weighted by Gasteiger charge is 2.31. The maximum atomic E-state index is 12.6. The monoisotopic (exact) mass is 379 g/mol. The molecule has 1 aromatic carbocycles. The van der Waals surface area contributed by atoms with Crippen molar-refractivity contribution in [3.63, 3.8) is 0 Å². The molecule has 0 saturated carbocycles. The van der Waals surface area contributed by atoms with Crippen molar-refractivity contribution >= 4 is 12.1 Å². The van der Waals surface area contributed by atoms with E-state index in [9.17, 15) is 9.59 Å². The molecule has 0 bridgehead atoms. The molecule has 7 heteroatoms. The Hall–Kier alpha value is -2.44. The molecule has 2 rings (SSSR count). The average molecular weight is 379 g/mol. The molecular formula is C20H29NO6. The summed E-state index contributed by atoms with van der Waals surface area (Å²) in [5.74, 6) is 0.814. The molecular weight excluding hydrogens is 350 g/mol. The molecule has 0 aromatic heterocycles. The number of hydrogen-bond donors (Lipinski definition) is 0. The van der Waals surface area contributed by atoms with Gasteiger partial charge in [0.1, 0.15) is 11.2 Å². The van der Waals surface area contributed by atoms with Gasteiger partial charge in [-0.15, -0.1) is 0 Å². The Morgan fingerprint density at radius 2 is 1.63 bits per heavy atom. The van der Waals surface area contributed by atoms with Gasteiger partial charge in [0.15, 0.2) is 11.5 Å². The van der Waals surface area contributed by atoms with Crippen LogP contribution in [0.5, 0.6) is 11.5 Å². The van der Waals surface area contributed by atoms with E-state index >= 15 is 0 Å². The summed E-state index contributed by atoms with van der Waals surface area (Å²) in [6.45, 7) is 10.9. The van der Waals surface area contributed by atoms with Crippen LogP contribution in [0.4, 0.5) is 4.79 Å². The molecule has 0 N–H and O–H groups in total. The van der Waals surface area contributed by atoms with Crippen molar-refractivity contribution < 1.29 is 28.5 Å². The minimum atomic E-state index is -0.642. The molecule has 0 aliphatic carbocycles. The van der Waals surface area contributed by atoms with E-state index in [-0.39, 0.29) is 13.2 Å². The fourth-order valence-corrected chi connectivity index (χ4v) is 2.60. The fourth-order valence-electron chi connectivity index (χ4n) is 2.60. The zero-order chi connectivity index (χ0) is 20.4. The Bertz CT molecular complexity index is 701. The van der Waals surface area contributed by atoms with Crippen LogP contribution in [0.2, 0.25) is 0 Å². The van der Waals surface area contributed by atoms with Crippen LogP contribution in [0.3, 0.4) is 0 Å². The van der Waals surface area contributed by atoms with Crippen LogP contribution in [0.25, 0.3) is 0 Å². The second-order valence-electron chi connectivity index (χ2n) is 8.51. The van der Waals surface area contributed by atoms with E-state index < -0.39 is 29.3 Å². The SMILES string of the molecule is CN(C(=O)OC(C)(C)C)[C@@H](CC(=O)OC(C)(C)C)c1ccc2c(c1)OCO2. The van der Waals surface area contributed by atoms with Crippen LogP contribution in [-0.2, 0) is 14.3 Å². The molecule has 0 fully saturated rings. The van der Waals surface area contributed by atoms with Crippen molar-refractivity contribution in [1.29, 1.82) is 0 Å². The second-order valence-corrected chi connectivity index (χ2v) is 8.51. The fraction of sp³-hybridized carbons (Fsp3) is 0.600. The van der Waals surface area contributed by atoms with Gasteiger partial charge in [-0.2, -0.15) is 0 Å². The van der Waals surface area contributed by atoms with E-state index in [1.54, 1.807) is 60.7 Å². The predicted octanol–water partition coefficient (Wildman–Crippen LogP) is 4.06. The molecule has 27 heavy (non-hydrogen) atoms. The van der Waals surface area contributed by atoms with Gasteiger partial charge in [0, 0.05) is 7.05 Å². The summed E-state index contributed by atoms with van der Waals surface area (Å²) in [5.41, 5.74) is -0.518. The van der Waals surface area contributed by atoms with E-state index in [4.69, 9.17) is 18.9 Å². The van der Waals surface area contributed by atoms with Gasteiger partial charge >= 0.3 is 12.1 Å². The van der Waals surface area contributed by atoms with Crippen molar-refractivity contribution in [2.45, 2.75) is 65.2 Å². The molecule has 1 aromatic rings. The van der Waals surface area contributed by atoms with Gasteiger partial charge in [-0.3, -0.25) is 4.79 Å². The van der Waals surface area contributed by atoms with E-state index in [2.05, 4.69) is 0 Å². The van der Waals surface area contributed by atoms with Crippen LogP contribution in [0, 0.1) is 0 Å². The zero-order valence-electron chi connectivity index (χ0n) is 17.1. The predicted molar refractivity (Wildman–Crippen MR) is 99.8 cm³/mol. The number of ether oxygens (including phenoxy) is 4. The van der Waals surface area contributed by atoms with Crippen molar-refractivity contribution in [3.05, 3.63) is 23.8 Å². The Balaban J connectivity index is 2.27. The lowest BCUT2D eigenvalue weighted by molar-refractivity contribution is -0.156.